The number of nitrogens with two attached hydrogens (primary N) is 1. The summed E-state index contributed by atoms with van der Waals surface area (Å²) < 4.78 is 0. The molecule has 0 amide bonds. The lowest BCUT2D eigenvalue weighted by Crippen LogP contribution is -2.22. The fourth-order valence-corrected chi connectivity index (χ4v) is 1.28. The summed E-state index contributed by atoms with van der Waals surface area (Å²) in [6.07, 6.45) is 0.422. The lowest BCUT2D eigenvalue weighted by Gasteiger charge is -2.04. The van der Waals surface area contributed by atoms with Crippen LogP contribution in [0.15, 0.2) is 29.4 Å². The number of hydrogen-bond acceptors (Lipinski definition) is 5. The summed E-state index contributed by atoms with van der Waals surface area (Å²) in [4.78, 5) is 10.1. The van der Waals surface area contributed by atoms with Gasteiger partial charge in [-0.1, -0.05) is 17.3 Å². The standard InChI is InChI=1S/C10H14N4O3/c11-10(13-15)4-5-12-7-8-2-1-3-9(6-8)14(16)17/h1-3,6,12,15H,4-5,7H2,(H2,11,13). The molecule has 0 spiro atoms. The van der Waals surface area contributed by atoms with Crippen LogP contribution in [-0.4, -0.2) is 22.5 Å². The van der Waals surface area contributed by atoms with Gasteiger partial charge in [-0.15, -0.1) is 0 Å². The van der Waals surface area contributed by atoms with Gasteiger partial charge in [0.25, 0.3) is 5.69 Å². The minimum Gasteiger partial charge on any atom is -0.409 e. The van der Waals surface area contributed by atoms with Crippen LogP contribution < -0.4 is 11.1 Å². The Balaban J connectivity index is 2.42. The maximum Gasteiger partial charge on any atom is 0.269 e. The van der Waals surface area contributed by atoms with E-state index in [2.05, 4.69) is 10.5 Å². The average Bonchev–Trinajstić information content (AvgIpc) is 2.34. The van der Waals surface area contributed by atoms with Gasteiger partial charge < -0.3 is 16.3 Å². The number of nitrogens with zero attached hydrogens (tertiary/aromatic N) is 2. The molecule has 7 nitrogen and oxygen atoms in total. The second-order valence-corrected chi connectivity index (χ2v) is 3.45. The normalized spacial score (nSPS) is 11.4. The van der Waals surface area contributed by atoms with Gasteiger partial charge in [-0.2, -0.15) is 0 Å². The first-order valence-corrected chi connectivity index (χ1v) is 5.04. The molecule has 0 aliphatic heterocycles. The van der Waals surface area contributed by atoms with Gasteiger partial charge in [0.05, 0.1) is 4.92 Å². The van der Waals surface area contributed by atoms with Crippen molar-refractivity contribution < 1.29 is 10.1 Å². The molecule has 1 aromatic carbocycles. The molecule has 1 rings (SSSR count). The largest absolute Gasteiger partial charge is 0.409 e. The van der Waals surface area contributed by atoms with Crippen LogP contribution in [0.2, 0.25) is 0 Å². The van der Waals surface area contributed by atoms with Gasteiger partial charge in [0.2, 0.25) is 0 Å². The van der Waals surface area contributed by atoms with Crippen LogP contribution >= 0.6 is 0 Å². The molecule has 0 aliphatic carbocycles. The van der Waals surface area contributed by atoms with E-state index in [0.717, 1.165) is 5.56 Å². The van der Waals surface area contributed by atoms with E-state index in [9.17, 15) is 10.1 Å². The van der Waals surface area contributed by atoms with Crippen molar-refractivity contribution in [1.82, 2.24) is 5.32 Å². The molecule has 17 heavy (non-hydrogen) atoms. The summed E-state index contributed by atoms with van der Waals surface area (Å²) in [5.74, 6) is 0.150. The minimum absolute atomic E-state index is 0.0701. The third-order valence-corrected chi connectivity index (χ3v) is 2.14. The van der Waals surface area contributed by atoms with Crippen molar-refractivity contribution in [2.24, 2.45) is 10.9 Å². The summed E-state index contributed by atoms with van der Waals surface area (Å²) in [6.45, 7) is 1.04. The van der Waals surface area contributed by atoms with Crippen LogP contribution in [0.4, 0.5) is 5.69 Å². The van der Waals surface area contributed by atoms with Crippen molar-refractivity contribution in [1.29, 1.82) is 0 Å². The quantitative estimate of drug-likeness (QED) is 0.169. The number of non-ortho nitro benzene ring substituents is 1. The molecular formula is C10H14N4O3. The monoisotopic (exact) mass is 238 g/mol. The number of hydrogen-bond donors (Lipinski definition) is 3. The van der Waals surface area contributed by atoms with E-state index >= 15 is 0 Å². The highest BCUT2D eigenvalue weighted by Crippen LogP contribution is 2.12. The van der Waals surface area contributed by atoms with Gasteiger partial charge in [-0.25, -0.2) is 0 Å². The number of amidine groups is 1. The lowest BCUT2D eigenvalue weighted by molar-refractivity contribution is -0.384. The highest BCUT2D eigenvalue weighted by Gasteiger charge is 2.04. The van der Waals surface area contributed by atoms with Crippen molar-refractivity contribution in [3.63, 3.8) is 0 Å². The van der Waals surface area contributed by atoms with Crippen LogP contribution in [0.1, 0.15) is 12.0 Å². The highest BCUT2D eigenvalue weighted by atomic mass is 16.6. The second kappa shape index (κ2) is 6.44. The molecule has 0 heterocycles. The minimum atomic E-state index is -0.431. The predicted octanol–water partition coefficient (Wildman–Crippen LogP) is 0.821. The number of nitro benzene ring substituents is 1. The van der Waals surface area contributed by atoms with E-state index in [-0.39, 0.29) is 11.5 Å². The Morgan fingerprint density at radius 3 is 3.00 bits per heavy atom. The molecule has 7 heteroatoms. The number of oxime groups is 1. The van der Waals surface area contributed by atoms with Crippen LogP contribution in [0, 0.1) is 10.1 Å². The van der Waals surface area contributed by atoms with Crippen LogP contribution in [0.25, 0.3) is 0 Å². The Kier molecular flexibility index (Phi) is 4.89. The van der Waals surface area contributed by atoms with Gasteiger partial charge in [-0.3, -0.25) is 10.1 Å². The van der Waals surface area contributed by atoms with Gasteiger partial charge in [-0.05, 0) is 5.56 Å². The Labute approximate surface area is 98.1 Å². The number of benzene rings is 1. The molecule has 0 fully saturated rings. The second-order valence-electron chi connectivity index (χ2n) is 3.45. The maximum atomic E-state index is 10.5. The van der Waals surface area contributed by atoms with Gasteiger partial charge in [0, 0.05) is 31.6 Å². The van der Waals surface area contributed by atoms with Gasteiger partial charge in [0.15, 0.2) is 0 Å². The van der Waals surface area contributed by atoms with E-state index < -0.39 is 4.92 Å². The van der Waals surface area contributed by atoms with E-state index in [0.29, 0.717) is 19.5 Å². The Morgan fingerprint density at radius 1 is 1.59 bits per heavy atom. The summed E-state index contributed by atoms with van der Waals surface area (Å²) in [5, 5.41) is 24.7. The number of rotatable bonds is 6. The summed E-state index contributed by atoms with van der Waals surface area (Å²) in [5.41, 5.74) is 6.18. The zero-order valence-electron chi connectivity index (χ0n) is 9.17. The molecule has 0 radical (unpaired) electrons. The van der Waals surface area contributed by atoms with Crippen molar-refractivity contribution in [3.8, 4) is 0 Å². The molecule has 0 atom stereocenters. The summed E-state index contributed by atoms with van der Waals surface area (Å²) in [6, 6.07) is 6.39. The van der Waals surface area contributed by atoms with Crippen molar-refractivity contribution >= 4 is 11.5 Å². The van der Waals surface area contributed by atoms with Crippen molar-refractivity contribution in [3.05, 3.63) is 39.9 Å². The van der Waals surface area contributed by atoms with Crippen LogP contribution in [-0.2, 0) is 6.54 Å². The van der Waals surface area contributed by atoms with E-state index in [4.69, 9.17) is 10.9 Å². The molecule has 0 bridgehead atoms. The molecule has 1 aromatic rings. The third-order valence-electron chi connectivity index (χ3n) is 2.14. The molecule has 0 saturated carbocycles. The Morgan fingerprint density at radius 2 is 2.35 bits per heavy atom. The van der Waals surface area contributed by atoms with E-state index in [1.807, 2.05) is 0 Å². The van der Waals surface area contributed by atoms with Crippen LogP contribution in [0.3, 0.4) is 0 Å². The average molecular weight is 238 g/mol. The summed E-state index contributed by atoms with van der Waals surface area (Å²) in [7, 11) is 0. The molecule has 92 valence electrons. The number of nitrogens with one attached hydrogen (secondary N) is 1. The van der Waals surface area contributed by atoms with Gasteiger partial charge >= 0.3 is 0 Å². The molecule has 0 saturated heterocycles. The smallest absolute Gasteiger partial charge is 0.269 e. The summed E-state index contributed by atoms with van der Waals surface area (Å²) >= 11 is 0. The van der Waals surface area contributed by atoms with E-state index in [1.54, 1.807) is 12.1 Å². The van der Waals surface area contributed by atoms with Crippen molar-refractivity contribution in [2.45, 2.75) is 13.0 Å². The zero-order chi connectivity index (χ0) is 12.7. The first kappa shape index (κ1) is 12.9. The molecule has 0 aliphatic rings. The molecular weight excluding hydrogens is 224 g/mol. The Hall–Kier alpha value is -2.15. The first-order valence-electron chi connectivity index (χ1n) is 5.04. The van der Waals surface area contributed by atoms with Gasteiger partial charge in [0.1, 0.15) is 5.84 Å². The predicted molar refractivity (Wildman–Crippen MR) is 62.8 cm³/mol. The number of nitro groups is 1. The zero-order valence-corrected chi connectivity index (χ0v) is 9.17. The molecule has 4 N–H and O–H groups in total. The maximum absolute atomic E-state index is 10.5. The fourth-order valence-electron chi connectivity index (χ4n) is 1.28. The third kappa shape index (κ3) is 4.47. The molecule has 0 unspecified atom stereocenters. The van der Waals surface area contributed by atoms with Crippen LogP contribution in [0.5, 0.6) is 0 Å². The topological polar surface area (TPSA) is 114 Å². The fraction of sp³-hybridized carbons (Fsp3) is 0.300. The van der Waals surface area contributed by atoms with E-state index in [1.165, 1.54) is 12.1 Å². The Bertz CT molecular complexity index is 420. The van der Waals surface area contributed by atoms with Crippen molar-refractivity contribution in [2.75, 3.05) is 6.54 Å². The molecule has 0 aromatic heterocycles. The highest BCUT2D eigenvalue weighted by molar-refractivity contribution is 5.79. The SMILES string of the molecule is N/C(CCNCc1cccc([N+](=O)[O-])c1)=N\O. The first-order chi connectivity index (χ1) is 8.13. The lowest BCUT2D eigenvalue weighted by atomic mass is 10.2.